The number of para-hydroxylation sites is 1. The molecule has 4 rings (SSSR count). The summed E-state index contributed by atoms with van der Waals surface area (Å²) >= 11 is 0. The highest BCUT2D eigenvalue weighted by molar-refractivity contribution is 5.50. The van der Waals surface area contributed by atoms with Crippen molar-refractivity contribution in [1.29, 1.82) is 0 Å². The van der Waals surface area contributed by atoms with Gasteiger partial charge in [0.1, 0.15) is 5.82 Å². The van der Waals surface area contributed by atoms with E-state index in [0.717, 1.165) is 57.0 Å². The quantitative estimate of drug-likeness (QED) is 0.842. The first-order valence-electron chi connectivity index (χ1n) is 9.40. The van der Waals surface area contributed by atoms with Gasteiger partial charge in [-0.1, -0.05) is 19.1 Å². The molecular formula is C19H25FN6. The Hall–Kier alpha value is -2.44. The average molecular weight is 356 g/mol. The number of rotatable bonds is 3. The van der Waals surface area contributed by atoms with Crippen molar-refractivity contribution >= 4 is 17.5 Å². The van der Waals surface area contributed by atoms with Crippen LogP contribution in [-0.4, -0.2) is 54.4 Å². The van der Waals surface area contributed by atoms with Crippen LogP contribution in [0.15, 0.2) is 30.5 Å². The fourth-order valence-corrected chi connectivity index (χ4v) is 3.67. The Kier molecular flexibility index (Phi) is 4.86. The lowest BCUT2D eigenvalue weighted by molar-refractivity contribution is 0.433. The van der Waals surface area contributed by atoms with Gasteiger partial charge in [0.15, 0.2) is 5.82 Å². The predicted octanol–water partition coefficient (Wildman–Crippen LogP) is 2.57. The maximum atomic E-state index is 14.0. The largest absolute Gasteiger partial charge is 0.366 e. The summed E-state index contributed by atoms with van der Waals surface area (Å²) in [6.45, 7) is 7.40. The molecular weight excluding hydrogens is 331 g/mol. The lowest BCUT2D eigenvalue weighted by Crippen LogP contribution is -2.47. The first-order chi connectivity index (χ1) is 12.7. The Balaban J connectivity index is 1.42. The highest BCUT2D eigenvalue weighted by Crippen LogP contribution is 2.24. The Labute approximate surface area is 153 Å². The van der Waals surface area contributed by atoms with Crippen LogP contribution in [-0.2, 0) is 0 Å². The molecule has 1 aromatic carbocycles. The van der Waals surface area contributed by atoms with Gasteiger partial charge in [-0.3, -0.25) is 0 Å². The van der Waals surface area contributed by atoms with Crippen molar-refractivity contribution in [3.8, 4) is 0 Å². The molecule has 3 heterocycles. The molecule has 0 unspecified atom stereocenters. The van der Waals surface area contributed by atoms with Crippen LogP contribution in [0.4, 0.5) is 21.8 Å². The molecule has 0 amide bonds. The number of hydrogen-bond acceptors (Lipinski definition) is 6. The number of hydrogen-bond donors (Lipinski definition) is 0. The summed E-state index contributed by atoms with van der Waals surface area (Å²) in [6, 6.07) is 6.96. The zero-order chi connectivity index (χ0) is 17.9. The van der Waals surface area contributed by atoms with Crippen molar-refractivity contribution < 1.29 is 4.39 Å². The molecule has 7 heteroatoms. The summed E-state index contributed by atoms with van der Waals surface area (Å²) in [4.78, 5) is 11.3. The highest BCUT2D eigenvalue weighted by Gasteiger charge is 2.23. The molecule has 0 atom stereocenters. The summed E-state index contributed by atoms with van der Waals surface area (Å²) < 4.78 is 14.0. The minimum Gasteiger partial charge on any atom is -0.366 e. The molecule has 0 bridgehead atoms. The van der Waals surface area contributed by atoms with Crippen LogP contribution in [0, 0.1) is 11.7 Å². The van der Waals surface area contributed by atoms with Crippen molar-refractivity contribution in [2.75, 3.05) is 54.0 Å². The van der Waals surface area contributed by atoms with Gasteiger partial charge in [-0.05, 0) is 30.9 Å². The Morgan fingerprint density at radius 3 is 2.35 bits per heavy atom. The van der Waals surface area contributed by atoms with E-state index in [4.69, 9.17) is 4.98 Å². The third-order valence-corrected chi connectivity index (χ3v) is 5.40. The second-order valence-electron chi connectivity index (χ2n) is 7.21. The van der Waals surface area contributed by atoms with Gasteiger partial charge in [-0.15, -0.1) is 5.10 Å². The van der Waals surface area contributed by atoms with E-state index in [1.165, 1.54) is 18.9 Å². The molecule has 2 saturated heterocycles. The third-order valence-electron chi connectivity index (χ3n) is 5.40. The molecule has 138 valence electrons. The maximum Gasteiger partial charge on any atom is 0.247 e. The average Bonchev–Trinajstić information content (AvgIpc) is 2.69. The number of aromatic nitrogens is 3. The van der Waals surface area contributed by atoms with Gasteiger partial charge in [0, 0.05) is 39.3 Å². The second-order valence-corrected chi connectivity index (χ2v) is 7.21. The molecule has 0 radical (unpaired) electrons. The molecule has 0 aliphatic carbocycles. The van der Waals surface area contributed by atoms with Crippen molar-refractivity contribution in [1.82, 2.24) is 15.2 Å². The standard InChI is InChI=1S/C19H25FN6/c1-15-6-8-26(9-7-15)19-22-18(14-21-23-19)25-12-10-24(11-13-25)17-5-3-2-4-16(17)20/h2-5,14-15H,6-13H2,1H3. The maximum absolute atomic E-state index is 14.0. The molecule has 2 aliphatic heterocycles. The fourth-order valence-electron chi connectivity index (χ4n) is 3.67. The van der Waals surface area contributed by atoms with Gasteiger partial charge < -0.3 is 14.7 Å². The SMILES string of the molecule is CC1CCN(c2nncc(N3CCN(c4ccccc4F)CC3)n2)CC1. The minimum atomic E-state index is -0.161. The van der Waals surface area contributed by atoms with Gasteiger partial charge in [0.05, 0.1) is 11.9 Å². The predicted molar refractivity (Wildman–Crippen MR) is 101 cm³/mol. The van der Waals surface area contributed by atoms with Crippen LogP contribution in [0.5, 0.6) is 0 Å². The summed E-state index contributed by atoms with van der Waals surface area (Å²) in [5, 5.41) is 8.41. The molecule has 0 spiro atoms. The van der Waals surface area contributed by atoms with Crippen LogP contribution >= 0.6 is 0 Å². The van der Waals surface area contributed by atoms with Gasteiger partial charge in [0.25, 0.3) is 0 Å². The van der Waals surface area contributed by atoms with Crippen molar-refractivity contribution in [3.05, 3.63) is 36.3 Å². The van der Waals surface area contributed by atoms with E-state index in [1.807, 2.05) is 12.1 Å². The fraction of sp³-hybridized carbons (Fsp3) is 0.526. The molecule has 2 aromatic rings. The van der Waals surface area contributed by atoms with E-state index in [2.05, 4.69) is 31.8 Å². The van der Waals surface area contributed by atoms with E-state index in [-0.39, 0.29) is 5.82 Å². The molecule has 0 saturated carbocycles. The summed E-state index contributed by atoms with van der Waals surface area (Å²) in [5.41, 5.74) is 0.677. The van der Waals surface area contributed by atoms with E-state index in [9.17, 15) is 4.39 Å². The number of nitrogens with zero attached hydrogens (tertiary/aromatic N) is 6. The molecule has 6 nitrogen and oxygen atoms in total. The first kappa shape index (κ1) is 17.0. The first-order valence-corrected chi connectivity index (χ1v) is 9.40. The van der Waals surface area contributed by atoms with E-state index in [0.29, 0.717) is 5.69 Å². The number of benzene rings is 1. The van der Waals surface area contributed by atoms with Gasteiger partial charge in [-0.2, -0.15) is 10.1 Å². The van der Waals surface area contributed by atoms with Crippen molar-refractivity contribution in [3.63, 3.8) is 0 Å². The molecule has 2 aliphatic rings. The van der Waals surface area contributed by atoms with Crippen LogP contribution in [0.1, 0.15) is 19.8 Å². The zero-order valence-corrected chi connectivity index (χ0v) is 15.2. The smallest absolute Gasteiger partial charge is 0.247 e. The number of piperidine rings is 1. The van der Waals surface area contributed by atoms with Crippen LogP contribution < -0.4 is 14.7 Å². The molecule has 0 N–H and O–H groups in total. The highest BCUT2D eigenvalue weighted by atomic mass is 19.1. The zero-order valence-electron chi connectivity index (χ0n) is 15.2. The van der Waals surface area contributed by atoms with Crippen molar-refractivity contribution in [2.24, 2.45) is 5.92 Å². The van der Waals surface area contributed by atoms with Crippen LogP contribution in [0.25, 0.3) is 0 Å². The third kappa shape index (κ3) is 3.57. The van der Waals surface area contributed by atoms with Gasteiger partial charge in [0.2, 0.25) is 5.95 Å². The minimum absolute atomic E-state index is 0.161. The summed E-state index contributed by atoms with van der Waals surface area (Å²) in [6.07, 6.45) is 4.08. The lowest BCUT2D eigenvalue weighted by Gasteiger charge is -2.37. The van der Waals surface area contributed by atoms with Gasteiger partial charge in [-0.25, -0.2) is 4.39 Å². The molecule has 2 fully saturated rings. The number of piperazine rings is 1. The summed E-state index contributed by atoms with van der Waals surface area (Å²) in [7, 11) is 0. The van der Waals surface area contributed by atoms with E-state index >= 15 is 0 Å². The van der Waals surface area contributed by atoms with Crippen molar-refractivity contribution in [2.45, 2.75) is 19.8 Å². The monoisotopic (exact) mass is 356 g/mol. The Morgan fingerprint density at radius 2 is 1.62 bits per heavy atom. The topological polar surface area (TPSA) is 48.4 Å². The van der Waals surface area contributed by atoms with E-state index in [1.54, 1.807) is 12.3 Å². The van der Waals surface area contributed by atoms with Crippen LogP contribution in [0.2, 0.25) is 0 Å². The molecule has 26 heavy (non-hydrogen) atoms. The Morgan fingerprint density at radius 1 is 0.923 bits per heavy atom. The van der Waals surface area contributed by atoms with E-state index < -0.39 is 0 Å². The normalized spacial score (nSPS) is 19.1. The van der Waals surface area contributed by atoms with Crippen LogP contribution in [0.3, 0.4) is 0 Å². The number of anilines is 3. The Bertz CT molecular complexity index is 738. The lowest BCUT2D eigenvalue weighted by atomic mass is 10.00. The second kappa shape index (κ2) is 7.43. The number of halogens is 1. The molecule has 1 aromatic heterocycles. The summed E-state index contributed by atoms with van der Waals surface area (Å²) in [5.74, 6) is 2.20. The van der Waals surface area contributed by atoms with Gasteiger partial charge >= 0.3 is 0 Å².